The second-order valence-corrected chi connectivity index (χ2v) is 10.0. The van der Waals surface area contributed by atoms with Crippen LogP contribution in [0.25, 0.3) is 88.8 Å². The summed E-state index contributed by atoms with van der Waals surface area (Å²) in [5.74, 6) is -0.815. The highest BCUT2D eigenvalue weighted by atomic mass is 16.3. The average Bonchev–Trinajstić information content (AvgIpc) is 3.64. The molecule has 0 bridgehead atoms. The van der Waals surface area contributed by atoms with Crippen molar-refractivity contribution < 1.29 is 27.7 Å². The van der Waals surface area contributed by atoms with Gasteiger partial charge in [0.15, 0.2) is 17.5 Å². The summed E-state index contributed by atoms with van der Waals surface area (Å²) in [6.45, 7) is 0. The van der Waals surface area contributed by atoms with Gasteiger partial charge in [-0.05, 0) is 63.0 Å². The van der Waals surface area contributed by atoms with Crippen molar-refractivity contribution in [3.63, 3.8) is 0 Å². The Balaban J connectivity index is 1.28. The van der Waals surface area contributed by atoms with Crippen LogP contribution in [0.15, 0.2) is 156 Å². The summed E-state index contributed by atoms with van der Waals surface area (Å²) in [4.78, 5) is 13.8. The lowest BCUT2D eigenvalue weighted by Gasteiger charge is -2.10. The molecule has 210 valence electrons. The molecule has 2 aromatic heterocycles. The first-order valence-corrected chi connectivity index (χ1v) is 13.6. The fourth-order valence-corrected chi connectivity index (χ4v) is 5.23. The molecule has 0 amide bonds. The minimum absolute atomic E-state index is 0.0166. The predicted molar refractivity (Wildman–Crippen MR) is 184 cm³/mol. The molecule has 0 radical (unpaired) electrons. The Morgan fingerprint density at radius 1 is 0.422 bits per heavy atom. The lowest BCUT2D eigenvalue weighted by Crippen LogP contribution is -2.00. The number of para-hydroxylation sites is 1. The van der Waals surface area contributed by atoms with Gasteiger partial charge in [-0.15, -0.1) is 0 Å². The predicted octanol–water partition coefficient (Wildman–Crippen LogP) is 10.7. The van der Waals surface area contributed by atoms with E-state index in [1.54, 1.807) is 36.4 Å². The monoisotopic (exact) mass is 592 g/mol. The largest absolute Gasteiger partial charge is 0.456 e. The van der Waals surface area contributed by atoms with Gasteiger partial charge in [0.1, 0.15) is 11.2 Å². The van der Waals surface area contributed by atoms with Crippen molar-refractivity contribution in [1.29, 1.82) is 0 Å². The van der Waals surface area contributed by atoms with E-state index in [-0.39, 0.29) is 79.7 Å². The van der Waals surface area contributed by atoms with Crippen LogP contribution in [0.4, 0.5) is 0 Å². The van der Waals surface area contributed by atoms with Gasteiger partial charge in [-0.2, -0.15) is 0 Å². The first-order chi connectivity index (χ1) is 29.3. The highest BCUT2D eigenvalue weighted by Gasteiger charge is 2.17. The van der Waals surface area contributed by atoms with Gasteiger partial charge in [0.05, 0.1) is 23.3 Å². The number of benzene rings is 7. The summed E-state index contributed by atoms with van der Waals surface area (Å²) in [5.41, 5.74) is 0.0464. The fourth-order valence-electron chi connectivity index (χ4n) is 5.23. The Hall–Kier alpha value is -6.13. The summed E-state index contributed by atoms with van der Waals surface area (Å²) in [6.07, 6.45) is 0. The Morgan fingerprint density at radius 2 is 1.09 bits per heavy atom. The number of nitrogens with zero attached hydrogens (tertiary/aromatic N) is 3. The maximum Gasteiger partial charge on any atom is 0.164 e. The van der Waals surface area contributed by atoms with Crippen LogP contribution in [0.5, 0.6) is 0 Å². The number of aromatic nitrogens is 3. The van der Waals surface area contributed by atoms with Crippen molar-refractivity contribution in [2.45, 2.75) is 0 Å². The zero-order chi connectivity index (χ0) is 44.5. The SMILES string of the molecule is [2H]c1cc2c(oc3c([2H])c([2H])c([2H])c(-c4nc(-c5ccc6cc(-c7cc8c([2H])c([2H])c([2H])c([2H])c8c([2H])c7[2H])ccc6c5)nc(-c5c([2H])c([2H])c([2H])c([2H])c5[2H])n4)c32)c([2H])c1[2H]. The van der Waals surface area contributed by atoms with Gasteiger partial charge in [0.25, 0.3) is 0 Å². The zero-order valence-corrected chi connectivity index (χ0v) is 22.9. The minimum atomic E-state index is -0.667. The number of furan rings is 1. The summed E-state index contributed by atoms with van der Waals surface area (Å²) < 4.78 is 150. The maximum absolute atomic E-state index is 9.06. The van der Waals surface area contributed by atoms with E-state index < -0.39 is 89.9 Å². The van der Waals surface area contributed by atoms with E-state index in [0.717, 1.165) is 0 Å². The molecule has 0 spiro atoms. The molecule has 9 aromatic rings. The van der Waals surface area contributed by atoms with Gasteiger partial charge in [0.2, 0.25) is 0 Å². The molecule has 45 heavy (non-hydrogen) atoms. The molecule has 0 aliphatic heterocycles. The Labute approximate surface area is 283 Å². The lowest BCUT2D eigenvalue weighted by atomic mass is 9.98. The van der Waals surface area contributed by atoms with E-state index in [0.29, 0.717) is 21.9 Å². The molecule has 7 aromatic carbocycles. The van der Waals surface area contributed by atoms with Crippen molar-refractivity contribution in [3.05, 3.63) is 151 Å². The quantitative estimate of drug-likeness (QED) is 0.204. The lowest BCUT2D eigenvalue weighted by molar-refractivity contribution is 0.669. The van der Waals surface area contributed by atoms with Crippen molar-refractivity contribution in [3.8, 4) is 45.3 Å². The van der Waals surface area contributed by atoms with Crippen molar-refractivity contribution in [2.75, 3.05) is 0 Å². The highest BCUT2D eigenvalue weighted by Crippen LogP contribution is 2.37. The van der Waals surface area contributed by atoms with E-state index in [9.17, 15) is 0 Å². The topological polar surface area (TPSA) is 51.8 Å². The molecular weight excluding hydrogens is 550 g/mol. The van der Waals surface area contributed by atoms with Gasteiger partial charge in [-0.25, -0.2) is 15.0 Å². The minimum Gasteiger partial charge on any atom is -0.456 e. The molecule has 2 heterocycles. The first-order valence-electron chi connectivity index (χ1n) is 22.1. The molecule has 0 unspecified atom stereocenters. The van der Waals surface area contributed by atoms with Gasteiger partial charge in [-0.3, -0.25) is 0 Å². The van der Waals surface area contributed by atoms with Gasteiger partial charge < -0.3 is 4.42 Å². The summed E-state index contributed by atoms with van der Waals surface area (Å²) in [6, 6.07) is 4.30. The van der Waals surface area contributed by atoms with Crippen molar-refractivity contribution >= 4 is 43.5 Å². The van der Waals surface area contributed by atoms with Crippen LogP contribution in [0.3, 0.4) is 0 Å². The summed E-state index contributed by atoms with van der Waals surface area (Å²) >= 11 is 0. The molecule has 4 nitrogen and oxygen atoms in total. The van der Waals surface area contributed by atoms with Crippen LogP contribution in [-0.2, 0) is 0 Å². The molecule has 0 atom stereocenters. The average molecular weight is 593 g/mol. The van der Waals surface area contributed by atoms with Crippen LogP contribution in [-0.4, -0.2) is 15.0 Å². The zero-order valence-electron chi connectivity index (χ0n) is 39.9. The van der Waals surface area contributed by atoms with Crippen LogP contribution in [0.1, 0.15) is 23.3 Å². The molecule has 0 aliphatic rings. The van der Waals surface area contributed by atoms with E-state index >= 15 is 0 Å². The molecule has 0 saturated heterocycles. The third-order valence-corrected chi connectivity index (χ3v) is 7.34. The smallest absolute Gasteiger partial charge is 0.164 e. The number of hydrogen-bond acceptors (Lipinski definition) is 4. The van der Waals surface area contributed by atoms with Crippen LogP contribution >= 0.6 is 0 Å². The molecule has 0 saturated carbocycles. The van der Waals surface area contributed by atoms with Gasteiger partial charge in [-0.1, -0.05) is 121 Å². The maximum atomic E-state index is 9.06. The van der Waals surface area contributed by atoms with E-state index in [4.69, 9.17) is 27.7 Å². The second-order valence-electron chi connectivity index (χ2n) is 10.0. The Kier molecular flexibility index (Phi) is 3.11. The molecule has 0 aliphatic carbocycles. The second kappa shape index (κ2) is 10.2. The summed E-state index contributed by atoms with van der Waals surface area (Å²) in [5, 5.41) is 1.31. The number of hydrogen-bond donors (Lipinski definition) is 0. The third kappa shape index (κ3) is 4.43. The third-order valence-electron chi connectivity index (χ3n) is 7.34. The van der Waals surface area contributed by atoms with Crippen molar-refractivity contribution in [2.24, 2.45) is 0 Å². The number of rotatable bonds is 4. The van der Waals surface area contributed by atoms with Gasteiger partial charge in [0, 0.05) is 27.5 Å². The molecule has 4 heteroatoms. The molecule has 0 fully saturated rings. The highest BCUT2D eigenvalue weighted by molar-refractivity contribution is 6.11. The van der Waals surface area contributed by atoms with E-state index in [2.05, 4.69) is 15.0 Å². The molecular formula is C41H25N3O. The Morgan fingerprint density at radius 3 is 1.96 bits per heavy atom. The van der Waals surface area contributed by atoms with Gasteiger partial charge >= 0.3 is 0 Å². The Bertz CT molecular complexity index is 3490. The van der Waals surface area contributed by atoms with E-state index in [1.165, 1.54) is 12.1 Å². The fraction of sp³-hybridized carbons (Fsp3) is 0. The normalized spacial score (nSPS) is 16.8. The van der Waals surface area contributed by atoms with E-state index in [1.807, 2.05) is 0 Å². The van der Waals surface area contributed by atoms with Crippen LogP contribution < -0.4 is 0 Å². The molecule has 0 N–H and O–H groups in total. The standard InChI is InChI=1S/C41H25N3O/c1-2-10-27(11-3-1)39-42-40(44-41(43-39)35-14-8-16-37-38(35)34-13-6-7-15-36(34)45-37)33-22-21-31-24-30(19-20-32(31)25-33)29-18-17-26-9-4-5-12-28(26)23-29/h1-25H/i1D,2D,3D,4D,5D,6D,7D,8D,9D,10D,11D,12D,14D,15D,16D,17D,18D. The van der Waals surface area contributed by atoms with Crippen LogP contribution in [0, 0.1) is 0 Å². The summed E-state index contributed by atoms with van der Waals surface area (Å²) in [7, 11) is 0. The first kappa shape index (κ1) is 13.7. The van der Waals surface area contributed by atoms with Crippen LogP contribution in [0.2, 0.25) is 0 Å². The number of fused-ring (bicyclic) bond motifs is 5. The molecule has 9 rings (SSSR count). The van der Waals surface area contributed by atoms with Crippen molar-refractivity contribution in [1.82, 2.24) is 15.0 Å².